The fraction of sp³-hybridized carbons (Fsp3) is 0.364. The fourth-order valence-electron chi connectivity index (χ4n) is 1.23. The highest BCUT2D eigenvalue weighted by Gasteiger charge is 2.11. The monoisotopic (exact) mass is 232 g/mol. The van der Waals surface area contributed by atoms with Gasteiger partial charge in [0, 0.05) is 6.42 Å². The maximum absolute atomic E-state index is 12.8. The van der Waals surface area contributed by atoms with E-state index in [4.69, 9.17) is 0 Å². The van der Waals surface area contributed by atoms with Crippen molar-refractivity contribution >= 4 is 5.97 Å². The number of hydrogen-bond donors (Lipinski definition) is 0. The Labute approximate surface area is 91.0 Å². The van der Waals surface area contributed by atoms with Gasteiger partial charge in [0.05, 0.1) is 6.61 Å². The van der Waals surface area contributed by atoms with Gasteiger partial charge in [0.25, 0.3) is 0 Å². The zero-order chi connectivity index (χ0) is 12.1. The molecule has 0 aliphatic heterocycles. The van der Waals surface area contributed by atoms with Crippen LogP contribution in [0.25, 0.3) is 0 Å². The Balaban J connectivity index is 2.65. The number of rotatable bonds is 4. The van der Waals surface area contributed by atoms with E-state index in [9.17, 15) is 18.0 Å². The second kappa shape index (κ2) is 5.53. The number of carbonyl (C=O) groups excluding carboxylic acids is 1. The molecule has 0 radical (unpaired) electrons. The average molecular weight is 232 g/mol. The summed E-state index contributed by atoms with van der Waals surface area (Å²) in [6, 6.07) is 1.75. The third-order valence-corrected chi connectivity index (χ3v) is 1.97. The summed E-state index contributed by atoms with van der Waals surface area (Å²) in [5.41, 5.74) is 0.226. The van der Waals surface area contributed by atoms with E-state index in [1.54, 1.807) is 6.92 Å². The van der Waals surface area contributed by atoms with E-state index in [-0.39, 0.29) is 25.0 Å². The van der Waals surface area contributed by atoms with Crippen LogP contribution in [0.5, 0.6) is 0 Å². The van der Waals surface area contributed by atoms with Gasteiger partial charge in [-0.15, -0.1) is 0 Å². The van der Waals surface area contributed by atoms with E-state index in [1.807, 2.05) is 0 Å². The van der Waals surface area contributed by atoms with Gasteiger partial charge in [-0.1, -0.05) is 0 Å². The number of aryl methyl sites for hydroxylation is 1. The Hall–Kier alpha value is -1.52. The maximum Gasteiger partial charge on any atom is 0.306 e. The van der Waals surface area contributed by atoms with Crippen LogP contribution in [0.3, 0.4) is 0 Å². The van der Waals surface area contributed by atoms with Crippen molar-refractivity contribution in [3.05, 3.63) is 35.1 Å². The summed E-state index contributed by atoms with van der Waals surface area (Å²) in [5.74, 6) is -4.45. The third kappa shape index (κ3) is 3.25. The molecule has 0 saturated heterocycles. The number of halogens is 3. The summed E-state index contributed by atoms with van der Waals surface area (Å²) in [4.78, 5) is 11.0. The highest BCUT2D eigenvalue weighted by Crippen LogP contribution is 2.14. The molecule has 0 atom stereocenters. The van der Waals surface area contributed by atoms with Crippen molar-refractivity contribution in [2.75, 3.05) is 6.61 Å². The van der Waals surface area contributed by atoms with Crippen molar-refractivity contribution in [1.29, 1.82) is 0 Å². The average Bonchev–Trinajstić information content (AvgIpc) is 2.23. The first-order chi connectivity index (χ1) is 7.54. The van der Waals surface area contributed by atoms with Crippen LogP contribution < -0.4 is 0 Å². The Bertz CT molecular complexity index is 368. The van der Waals surface area contributed by atoms with Gasteiger partial charge in [-0.25, -0.2) is 13.2 Å². The topological polar surface area (TPSA) is 26.3 Å². The van der Waals surface area contributed by atoms with Crippen LogP contribution in [0.15, 0.2) is 12.1 Å². The van der Waals surface area contributed by atoms with E-state index < -0.39 is 23.4 Å². The molecule has 0 amide bonds. The van der Waals surface area contributed by atoms with E-state index in [0.29, 0.717) is 0 Å². The maximum atomic E-state index is 12.8. The summed E-state index contributed by atoms with van der Waals surface area (Å²) in [6.45, 7) is 1.92. The minimum absolute atomic E-state index is 0.0123. The first-order valence-electron chi connectivity index (χ1n) is 4.83. The van der Waals surface area contributed by atoms with Crippen LogP contribution in [0, 0.1) is 17.5 Å². The van der Waals surface area contributed by atoms with Crippen LogP contribution in [0.1, 0.15) is 18.9 Å². The molecule has 0 bridgehead atoms. The Morgan fingerprint density at radius 3 is 2.31 bits per heavy atom. The van der Waals surface area contributed by atoms with Crippen LogP contribution in [0.2, 0.25) is 0 Å². The molecule has 0 N–H and O–H groups in total. The molecule has 0 spiro atoms. The van der Waals surface area contributed by atoms with Gasteiger partial charge >= 0.3 is 5.97 Å². The van der Waals surface area contributed by atoms with E-state index >= 15 is 0 Å². The molecule has 0 aliphatic rings. The zero-order valence-electron chi connectivity index (χ0n) is 8.73. The summed E-state index contributed by atoms with van der Waals surface area (Å²) >= 11 is 0. The standard InChI is InChI=1S/C11H11F3O2/c1-2-16-10(15)4-3-7-5-8(12)11(14)9(13)6-7/h5-6H,2-4H2,1H3. The highest BCUT2D eigenvalue weighted by molar-refractivity contribution is 5.69. The van der Waals surface area contributed by atoms with Gasteiger partial charge in [0.2, 0.25) is 0 Å². The van der Waals surface area contributed by atoms with E-state index in [2.05, 4.69) is 4.74 Å². The smallest absolute Gasteiger partial charge is 0.306 e. The van der Waals surface area contributed by atoms with E-state index in [1.165, 1.54) is 0 Å². The number of carbonyl (C=O) groups is 1. The van der Waals surface area contributed by atoms with Crippen LogP contribution >= 0.6 is 0 Å². The molecule has 0 aromatic heterocycles. The fourth-order valence-corrected chi connectivity index (χ4v) is 1.23. The van der Waals surface area contributed by atoms with Crippen molar-refractivity contribution in [2.45, 2.75) is 19.8 Å². The third-order valence-electron chi connectivity index (χ3n) is 1.97. The molecule has 1 aromatic rings. The molecular weight excluding hydrogens is 221 g/mol. The normalized spacial score (nSPS) is 10.2. The van der Waals surface area contributed by atoms with Crippen molar-refractivity contribution < 1.29 is 22.7 Å². The molecule has 0 heterocycles. The Kier molecular flexibility index (Phi) is 4.34. The molecule has 0 unspecified atom stereocenters. The first-order valence-corrected chi connectivity index (χ1v) is 4.83. The summed E-state index contributed by atoms with van der Waals surface area (Å²) in [6.07, 6.45) is 0.130. The van der Waals surface area contributed by atoms with Gasteiger partial charge < -0.3 is 4.74 Å². The number of ether oxygens (including phenoxy) is 1. The lowest BCUT2D eigenvalue weighted by Gasteiger charge is -2.03. The van der Waals surface area contributed by atoms with Crippen molar-refractivity contribution in [3.63, 3.8) is 0 Å². The van der Waals surface area contributed by atoms with Crippen molar-refractivity contribution in [2.24, 2.45) is 0 Å². The SMILES string of the molecule is CCOC(=O)CCc1cc(F)c(F)c(F)c1. The lowest BCUT2D eigenvalue weighted by Crippen LogP contribution is -2.05. The van der Waals surface area contributed by atoms with Crippen LogP contribution in [-0.2, 0) is 16.0 Å². The molecule has 0 fully saturated rings. The Morgan fingerprint density at radius 1 is 1.25 bits per heavy atom. The van der Waals surface area contributed by atoms with Crippen LogP contribution in [-0.4, -0.2) is 12.6 Å². The second-order valence-electron chi connectivity index (χ2n) is 3.18. The molecule has 1 aromatic carbocycles. The summed E-state index contributed by atoms with van der Waals surface area (Å²) < 4.78 is 42.8. The predicted molar refractivity (Wildman–Crippen MR) is 51.3 cm³/mol. The number of benzene rings is 1. The molecule has 1 rings (SSSR count). The summed E-state index contributed by atoms with van der Waals surface area (Å²) in [5, 5.41) is 0. The minimum Gasteiger partial charge on any atom is -0.466 e. The van der Waals surface area contributed by atoms with E-state index in [0.717, 1.165) is 12.1 Å². The number of hydrogen-bond acceptors (Lipinski definition) is 2. The zero-order valence-corrected chi connectivity index (χ0v) is 8.73. The Morgan fingerprint density at radius 2 is 1.81 bits per heavy atom. The quantitative estimate of drug-likeness (QED) is 0.589. The molecule has 0 aliphatic carbocycles. The largest absolute Gasteiger partial charge is 0.466 e. The van der Waals surface area contributed by atoms with Gasteiger partial charge in [0.1, 0.15) is 0 Å². The van der Waals surface area contributed by atoms with Gasteiger partial charge in [0.15, 0.2) is 17.5 Å². The highest BCUT2D eigenvalue weighted by atomic mass is 19.2. The predicted octanol–water partition coefficient (Wildman–Crippen LogP) is 2.60. The van der Waals surface area contributed by atoms with Crippen molar-refractivity contribution in [3.8, 4) is 0 Å². The first kappa shape index (κ1) is 12.5. The molecule has 88 valence electrons. The molecule has 2 nitrogen and oxygen atoms in total. The molecule has 0 saturated carbocycles. The lowest BCUT2D eigenvalue weighted by atomic mass is 10.1. The molecule has 16 heavy (non-hydrogen) atoms. The van der Waals surface area contributed by atoms with Gasteiger partial charge in [-0.3, -0.25) is 4.79 Å². The molecule has 5 heteroatoms. The van der Waals surface area contributed by atoms with Gasteiger partial charge in [-0.05, 0) is 31.0 Å². The molecular formula is C11H11F3O2. The van der Waals surface area contributed by atoms with Crippen molar-refractivity contribution in [1.82, 2.24) is 0 Å². The second-order valence-corrected chi connectivity index (χ2v) is 3.18. The summed E-state index contributed by atoms with van der Waals surface area (Å²) in [7, 11) is 0. The number of esters is 1. The van der Waals surface area contributed by atoms with Gasteiger partial charge in [-0.2, -0.15) is 0 Å². The lowest BCUT2D eigenvalue weighted by molar-refractivity contribution is -0.143. The minimum atomic E-state index is -1.50. The van der Waals surface area contributed by atoms with Crippen LogP contribution in [0.4, 0.5) is 13.2 Å².